The minimum absolute atomic E-state index is 0.160. The zero-order valence-electron chi connectivity index (χ0n) is 15.2. The fraction of sp³-hybridized carbons (Fsp3) is 0.333. The van der Waals surface area contributed by atoms with E-state index in [4.69, 9.17) is 9.84 Å². The van der Waals surface area contributed by atoms with Gasteiger partial charge >= 0.3 is 5.97 Å². The molecule has 11 heteroatoms. The molecule has 10 nitrogen and oxygen atoms in total. The van der Waals surface area contributed by atoms with Crippen LogP contribution < -0.4 is 5.32 Å². The van der Waals surface area contributed by atoms with E-state index in [2.05, 4.69) is 20.3 Å². The van der Waals surface area contributed by atoms with E-state index in [9.17, 15) is 15.0 Å². The van der Waals surface area contributed by atoms with Crippen molar-refractivity contribution < 1.29 is 24.9 Å². The largest absolute Gasteiger partial charge is 0.478 e. The van der Waals surface area contributed by atoms with Gasteiger partial charge in [-0.05, 0) is 24.3 Å². The number of nitrogens with zero attached hydrogens (tertiary/aromatic N) is 4. The highest BCUT2D eigenvalue weighted by Crippen LogP contribution is 2.31. The lowest BCUT2D eigenvalue weighted by Gasteiger charge is -2.16. The summed E-state index contributed by atoms with van der Waals surface area (Å²) >= 11 is 1.49. The summed E-state index contributed by atoms with van der Waals surface area (Å²) in [6, 6.07) is 6.61. The molecule has 4 N–H and O–H groups in total. The van der Waals surface area contributed by atoms with Gasteiger partial charge < -0.3 is 25.4 Å². The highest BCUT2D eigenvalue weighted by Gasteiger charge is 2.35. The van der Waals surface area contributed by atoms with Crippen LogP contribution in [-0.2, 0) is 4.74 Å². The lowest BCUT2D eigenvalue weighted by molar-refractivity contribution is -0.0486. The molecular formula is C18H19N5O5S. The zero-order chi connectivity index (χ0) is 20.4. The third kappa shape index (κ3) is 4.03. The molecule has 3 aromatic rings. The van der Waals surface area contributed by atoms with Gasteiger partial charge in [0.25, 0.3) is 0 Å². The van der Waals surface area contributed by atoms with Crippen molar-refractivity contribution in [2.24, 2.45) is 0 Å². The van der Waals surface area contributed by atoms with E-state index in [1.54, 1.807) is 28.8 Å². The normalized spacial score (nSPS) is 21.5. The monoisotopic (exact) mass is 417 g/mol. The van der Waals surface area contributed by atoms with Crippen LogP contribution in [0, 0.1) is 0 Å². The molecule has 0 radical (unpaired) electrons. The van der Waals surface area contributed by atoms with Gasteiger partial charge in [0.05, 0.1) is 30.5 Å². The zero-order valence-corrected chi connectivity index (χ0v) is 16.0. The fourth-order valence-electron chi connectivity index (χ4n) is 3.15. The predicted molar refractivity (Wildman–Crippen MR) is 105 cm³/mol. The van der Waals surface area contributed by atoms with Gasteiger partial charge in [0.2, 0.25) is 0 Å². The molecule has 29 heavy (non-hydrogen) atoms. The van der Waals surface area contributed by atoms with Gasteiger partial charge in [0, 0.05) is 11.3 Å². The summed E-state index contributed by atoms with van der Waals surface area (Å²) in [7, 11) is 0. The standard InChI is InChI=1S/C18H19N5O5S/c24-6-11-5-13(25)17(28-11)23-8-21-14-15(19-7-20-16(14)23)22-9-29-12-3-1-10(2-4-12)18(26)27/h1-4,7-8,11,13,17,24-25H,5-6,9H2,(H,26,27)(H,19,20,22)/t11-,13+,17+/m0/s1. The van der Waals surface area contributed by atoms with E-state index in [1.165, 1.54) is 24.4 Å². The average Bonchev–Trinajstić information content (AvgIpc) is 3.31. The summed E-state index contributed by atoms with van der Waals surface area (Å²) in [5, 5.41) is 31.6. The predicted octanol–water partition coefficient (Wildman–Crippen LogP) is 1.33. The number of hydrogen-bond donors (Lipinski definition) is 4. The van der Waals surface area contributed by atoms with Crippen LogP contribution in [0.25, 0.3) is 11.2 Å². The maximum Gasteiger partial charge on any atom is 0.335 e. The van der Waals surface area contributed by atoms with Gasteiger partial charge in [0.15, 0.2) is 23.2 Å². The Bertz CT molecular complexity index is 1010. The number of nitrogens with one attached hydrogen (secondary N) is 1. The Morgan fingerprint density at radius 1 is 1.28 bits per heavy atom. The van der Waals surface area contributed by atoms with Gasteiger partial charge in [-0.3, -0.25) is 4.57 Å². The molecule has 152 valence electrons. The van der Waals surface area contributed by atoms with E-state index in [0.717, 1.165) is 4.90 Å². The van der Waals surface area contributed by atoms with Crippen molar-refractivity contribution in [1.29, 1.82) is 0 Å². The van der Waals surface area contributed by atoms with Crippen LogP contribution in [0.4, 0.5) is 5.82 Å². The molecule has 1 aromatic carbocycles. The lowest BCUT2D eigenvalue weighted by Crippen LogP contribution is -2.19. The quantitative estimate of drug-likeness (QED) is 0.328. The van der Waals surface area contributed by atoms with Crippen LogP contribution in [0.15, 0.2) is 41.8 Å². The first kappa shape index (κ1) is 19.6. The topological polar surface area (TPSA) is 143 Å². The second-order valence-electron chi connectivity index (χ2n) is 6.48. The number of anilines is 1. The van der Waals surface area contributed by atoms with Gasteiger partial charge in [-0.2, -0.15) is 0 Å². The summed E-state index contributed by atoms with van der Waals surface area (Å²) in [5.41, 5.74) is 1.30. The number of ether oxygens (including phenoxy) is 1. The number of carbonyl (C=O) groups is 1. The van der Waals surface area contributed by atoms with E-state index in [0.29, 0.717) is 29.3 Å². The van der Waals surface area contributed by atoms with Crippen molar-refractivity contribution in [1.82, 2.24) is 19.5 Å². The first-order valence-corrected chi connectivity index (χ1v) is 9.87. The Balaban J connectivity index is 1.46. The van der Waals surface area contributed by atoms with Crippen LogP contribution in [0.1, 0.15) is 23.0 Å². The van der Waals surface area contributed by atoms with Crippen molar-refractivity contribution in [2.45, 2.75) is 29.8 Å². The number of aromatic nitrogens is 4. The summed E-state index contributed by atoms with van der Waals surface area (Å²) in [4.78, 5) is 24.7. The molecule has 0 spiro atoms. The van der Waals surface area contributed by atoms with Crippen LogP contribution in [-0.4, -0.2) is 65.5 Å². The molecule has 3 heterocycles. The van der Waals surface area contributed by atoms with Crippen molar-refractivity contribution in [3.05, 3.63) is 42.5 Å². The molecule has 1 aliphatic rings. The lowest BCUT2D eigenvalue weighted by atomic mass is 10.2. The first-order chi connectivity index (χ1) is 14.1. The number of hydrogen-bond acceptors (Lipinski definition) is 9. The molecular weight excluding hydrogens is 398 g/mol. The third-order valence-electron chi connectivity index (χ3n) is 4.58. The molecule has 1 aliphatic heterocycles. The van der Waals surface area contributed by atoms with Crippen LogP contribution in [0.5, 0.6) is 0 Å². The molecule has 3 atom stereocenters. The van der Waals surface area contributed by atoms with Crippen molar-refractivity contribution >= 4 is 34.7 Å². The Hall–Kier alpha value is -2.73. The number of aliphatic hydroxyl groups excluding tert-OH is 2. The van der Waals surface area contributed by atoms with Crippen LogP contribution in [0.2, 0.25) is 0 Å². The van der Waals surface area contributed by atoms with Gasteiger partial charge in [-0.25, -0.2) is 19.7 Å². The number of aromatic carboxylic acids is 1. The number of rotatable bonds is 7. The minimum Gasteiger partial charge on any atom is -0.478 e. The summed E-state index contributed by atoms with van der Waals surface area (Å²) in [6.07, 6.45) is 1.43. The maximum absolute atomic E-state index is 10.9. The van der Waals surface area contributed by atoms with Crippen molar-refractivity contribution in [2.75, 3.05) is 17.8 Å². The molecule has 0 aliphatic carbocycles. The molecule has 4 rings (SSSR count). The number of imidazole rings is 1. The Morgan fingerprint density at radius 2 is 2.07 bits per heavy atom. The molecule has 1 saturated heterocycles. The van der Waals surface area contributed by atoms with Crippen LogP contribution in [0.3, 0.4) is 0 Å². The highest BCUT2D eigenvalue weighted by molar-refractivity contribution is 7.99. The number of aliphatic hydroxyl groups is 2. The average molecular weight is 417 g/mol. The van der Waals surface area contributed by atoms with Gasteiger partial charge in [0.1, 0.15) is 12.4 Å². The molecule has 2 aromatic heterocycles. The molecule has 0 bridgehead atoms. The van der Waals surface area contributed by atoms with Crippen molar-refractivity contribution in [3.8, 4) is 0 Å². The van der Waals surface area contributed by atoms with E-state index < -0.39 is 24.4 Å². The number of thioether (sulfide) groups is 1. The maximum atomic E-state index is 10.9. The Labute approximate surface area is 169 Å². The highest BCUT2D eigenvalue weighted by atomic mass is 32.2. The van der Waals surface area contributed by atoms with Crippen LogP contribution >= 0.6 is 11.8 Å². The Morgan fingerprint density at radius 3 is 2.76 bits per heavy atom. The van der Waals surface area contributed by atoms with E-state index in [-0.39, 0.29) is 12.2 Å². The number of fused-ring (bicyclic) bond motifs is 1. The van der Waals surface area contributed by atoms with Gasteiger partial charge in [-0.15, -0.1) is 11.8 Å². The van der Waals surface area contributed by atoms with Crippen molar-refractivity contribution in [3.63, 3.8) is 0 Å². The minimum atomic E-state index is -0.958. The number of carboxylic acid groups (broad SMARTS) is 1. The Kier molecular flexibility index (Phi) is 5.62. The van der Waals surface area contributed by atoms with E-state index >= 15 is 0 Å². The third-order valence-corrected chi connectivity index (χ3v) is 5.48. The van der Waals surface area contributed by atoms with E-state index in [1.807, 2.05) is 0 Å². The number of benzene rings is 1. The smallest absolute Gasteiger partial charge is 0.335 e. The summed E-state index contributed by atoms with van der Waals surface area (Å²) in [6.45, 7) is -0.160. The summed E-state index contributed by atoms with van der Waals surface area (Å²) in [5.74, 6) is 0.0653. The molecule has 0 amide bonds. The molecule has 1 fully saturated rings. The van der Waals surface area contributed by atoms with Gasteiger partial charge in [-0.1, -0.05) is 0 Å². The first-order valence-electron chi connectivity index (χ1n) is 8.88. The second kappa shape index (κ2) is 8.33. The second-order valence-corrected chi connectivity index (χ2v) is 7.52. The molecule has 0 saturated carbocycles. The fourth-order valence-corrected chi connectivity index (χ4v) is 3.85. The molecule has 0 unspecified atom stereocenters. The SMILES string of the molecule is O=C(O)c1ccc(SCNc2ncnc3c2ncn3[C@@H]2O[C@H](CO)C[C@H]2O)cc1. The summed E-state index contributed by atoms with van der Waals surface area (Å²) < 4.78 is 7.32. The number of carboxylic acids is 1.